The third-order valence-electron chi connectivity index (χ3n) is 11.3. The number of carbonyl (C=O) groups is 1. The number of unbranched alkanes of at least 4 members (excludes halogenated alkanes) is 24. The largest absolute Gasteiger partial charge is 0.508 e. The quantitative estimate of drug-likeness (QED) is 0.0346. The molecule has 7 nitrogen and oxygen atoms in total. The summed E-state index contributed by atoms with van der Waals surface area (Å²) in [7, 11) is 4.06. The molecule has 1 rings (SSSR count). The van der Waals surface area contributed by atoms with Crippen LogP contribution in [0.3, 0.4) is 0 Å². The average Bonchev–Trinajstić information content (AvgIpc) is 3.19. The van der Waals surface area contributed by atoms with Gasteiger partial charge in [0.2, 0.25) is 0 Å². The Morgan fingerprint density at radius 3 is 1.73 bits per heavy atom. The van der Waals surface area contributed by atoms with Crippen LogP contribution in [0.5, 0.6) is 0 Å². The van der Waals surface area contributed by atoms with Crippen LogP contribution in [0.25, 0.3) is 0 Å². The molecule has 0 amide bonds. The molecule has 7 heteroatoms. The van der Waals surface area contributed by atoms with Crippen molar-refractivity contribution in [2.45, 2.75) is 251 Å². The number of hydrogen-bond donors (Lipinski definition) is 0. The van der Waals surface area contributed by atoms with E-state index in [0.717, 1.165) is 71.1 Å². The second-order valence-electron chi connectivity index (χ2n) is 17.2. The zero-order chi connectivity index (χ0) is 40.4. The zero-order valence-electron chi connectivity index (χ0n) is 37.9. The van der Waals surface area contributed by atoms with Crippen LogP contribution >= 0.6 is 0 Å². The fourth-order valence-electron chi connectivity index (χ4n) is 7.63. The first-order valence-corrected chi connectivity index (χ1v) is 24.5. The molecule has 0 spiro atoms. The lowest BCUT2D eigenvalue weighted by molar-refractivity contribution is -0.188. The zero-order valence-corrected chi connectivity index (χ0v) is 37.9. The molecule has 0 aromatic rings. The summed E-state index contributed by atoms with van der Waals surface area (Å²) in [6.07, 6.45) is 46.8. The van der Waals surface area contributed by atoms with Crippen LogP contribution in [-0.4, -0.2) is 76.6 Å². The number of allylic oxidation sites excluding steroid dienone is 1. The highest BCUT2D eigenvalue weighted by molar-refractivity contribution is 5.60. The van der Waals surface area contributed by atoms with Gasteiger partial charge in [0, 0.05) is 19.8 Å². The third-order valence-corrected chi connectivity index (χ3v) is 11.3. The summed E-state index contributed by atoms with van der Waals surface area (Å²) >= 11 is 0. The first-order valence-electron chi connectivity index (χ1n) is 24.5. The van der Waals surface area contributed by atoms with Gasteiger partial charge in [-0.25, -0.2) is 4.79 Å². The molecular weight excluding hydrogens is 699 g/mol. The van der Waals surface area contributed by atoms with Gasteiger partial charge in [0.05, 0.1) is 19.3 Å². The van der Waals surface area contributed by atoms with E-state index in [-0.39, 0.29) is 12.4 Å². The minimum atomic E-state index is -0.548. The van der Waals surface area contributed by atoms with Gasteiger partial charge >= 0.3 is 6.16 Å². The number of carbonyl (C=O) groups excluding carboxylic acids is 1. The van der Waals surface area contributed by atoms with Crippen LogP contribution in [0.2, 0.25) is 0 Å². The van der Waals surface area contributed by atoms with Crippen molar-refractivity contribution >= 4 is 6.16 Å². The molecule has 0 N–H and O–H groups in total. The summed E-state index contributed by atoms with van der Waals surface area (Å²) in [4.78, 5) is 14.5. The fourth-order valence-corrected chi connectivity index (χ4v) is 7.63. The van der Waals surface area contributed by atoms with Gasteiger partial charge in [-0.05, 0) is 84.7 Å². The monoisotopic (exact) mass is 794 g/mol. The van der Waals surface area contributed by atoms with Gasteiger partial charge in [-0.3, -0.25) is 0 Å². The number of nitrogens with zero attached hydrogens (tertiary/aromatic N) is 1. The molecule has 332 valence electrons. The summed E-state index contributed by atoms with van der Waals surface area (Å²) < 4.78 is 29.4. The van der Waals surface area contributed by atoms with E-state index in [0.29, 0.717) is 19.3 Å². The van der Waals surface area contributed by atoms with Crippen LogP contribution in [0.1, 0.15) is 232 Å². The van der Waals surface area contributed by atoms with E-state index < -0.39 is 6.16 Å². The molecule has 0 aliphatic carbocycles. The molecule has 0 bridgehead atoms. The Kier molecular flexibility index (Phi) is 39.6. The molecule has 56 heavy (non-hydrogen) atoms. The predicted molar refractivity (Wildman–Crippen MR) is 238 cm³/mol. The van der Waals surface area contributed by atoms with Crippen LogP contribution in [0, 0.1) is 0 Å². The van der Waals surface area contributed by atoms with E-state index in [4.69, 9.17) is 23.7 Å². The first kappa shape index (κ1) is 52.9. The molecule has 0 saturated carbocycles. The number of ether oxygens (including phenoxy) is 5. The normalized spacial score (nSPS) is 15.8. The van der Waals surface area contributed by atoms with Gasteiger partial charge in [-0.15, -0.1) is 0 Å². The van der Waals surface area contributed by atoms with Crippen molar-refractivity contribution < 1.29 is 28.5 Å². The number of hydrogen-bond acceptors (Lipinski definition) is 7. The molecule has 1 heterocycles. The molecule has 1 fully saturated rings. The second kappa shape index (κ2) is 42.0. The van der Waals surface area contributed by atoms with Gasteiger partial charge in [0.25, 0.3) is 0 Å². The molecule has 1 aliphatic heterocycles. The molecule has 1 saturated heterocycles. The van der Waals surface area contributed by atoms with E-state index >= 15 is 0 Å². The average molecular weight is 794 g/mol. The van der Waals surface area contributed by atoms with Crippen molar-refractivity contribution in [1.29, 1.82) is 0 Å². The molecular formula is C49H95NO6. The lowest BCUT2D eigenvalue weighted by Gasteiger charge is -2.27. The Labute approximate surface area is 348 Å². The Morgan fingerprint density at radius 2 is 1.16 bits per heavy atom. The standard InChI is InChI=1S/C49H95NO6/c1-5-7-9-11-12-13-14-15-16-17-18-19-21-25-28-32-39-47(56-49(51)54-44-36-41-50(3)4)45-52-42-34-29-26-23-20-22-24-27-31-38-46(37-30-10-8-6-2)55-48-40-33-35-43-53-48/h27,31,46-48H,5-26,28-30,32-45H2,1-4H3/t46-,47?,48?/m1/s1. The van der Waals surface area contributed by atoms with Crippen LogP contribution < -0.4 is 0 Å². The van der Waals surface area contributed by atoms with Gasteiger partial charge in [0.15, 0.2) is 6.29 Å². The van der Waals surface area contributed by atoms with Crippen molar-refractivity contribution in [3.8, 4) is 0 Å². The summed E-state index contributed by atoms with van der Waals surface area (Å²) in [6.45, 7) is 7.89. The fraction of sp³-hybridized carbons (Fsp3) is 0.939. The third kappa shape index (κ3) is 37.1. The summed E-state index contributed by atoms with van der Waals surface area (Å²) in [5.41, 5.74) is 0. The smallest absolute Gasteiger partial charge is 0.434 e. The van der Waals surface area contributed by atoms with E-state index in [9.17, 15) is 4.79 Å². The minimum absolute atomic E-state index is 0.00819. The lowest BCUT2D eigenvalue weighted by Crippen LogP contribution is -2.27. The Bertz CT molecular complexity index is 831. The summed E-state index contributed by atoms with van der Waals surface area (Å²) in [5.74, 6) is 0. The van der Waals surface area contributed by atoms with Crippen LogP contribution in [-0.2, 0) is 23.7 Å². The van der Waals surface area contributed by atoms with Crippen LogP contribution in [0.4, 0.5) is 4.79 Å². The maximum atomic E-state index is 12.4. The van der Waals surface area contributed by atoms with Crippen LogP contribution in [0.15, 0.2) is 12.2 Å². The maximum Gasteiger partial charge on any atom is 0.508 e. The lowest BCUT2D eigenvalue weighted by atomic mass is 10.0. The van der Waals surface area contributed by atoms with Crippen molar-refractivity contribution in [1.82, 2.24) is 4.90 Å². The Morgan fingerprint density at radius 1 is 0.625 bits per heavy atom. The van der Waals surface area contributed by atoms with E-state index in [1.807, 2.05) is 14.1 Å². The minimum Gasteiger partial charge on any atom is -0.434 e. The Hall–Kier alpha value is -1.15. The molecule has 1 aliphatic rings. The highest BCUT2D eigenvalue weighted by Crippen LogP contribution is 2.21. The van der Waals surface area contributed by atoms with E-state index in [2.05, 4.69) is 30.9 Å². The SMILES string of the molecule is CCCCCCCCCCCCCCCCCCC(COCCCCCCCCC=CC[C@@H](CCCCCC)OC1CCCCO1)OC(=O)OCCCN(C)C. The summed E-state index contributed by atoms with van der Waals surface area (Å²) in [6, 6.07) is 0. The first-order chi connectivity index (χ1) is 27.5. The number of rotatable bonds is 42. The van der Waals surface area contributed by atoms with Gasteiger partial charge in [0.1, 0.15) is 6.10 Å². The predicted octanol–water partition coefficient (Wildman–Crippen LogP) is 14.7. The highest BCUT2D eigenvalue weighted by atomic mass is 16.7. The highest BCUT2D eigenvalue weighted by Gasteiger charge is 2.19. The van der Waals surface area contributed by atoms with Crippen molar-refractivity contribution in [3.05, 3.63) is 12.2 Å². The van der Waals surface area contributed by atoms with E-state index in [1.54, 1.807) is 0 Å². The van der Waals surface area contributed by atoms with E-state index in [1.165, 1.54) is 167 Å². The Balaban J connectivity index is 2.15. The van der Waals surface area contributed by atoms with Gasteiger partial charge < -0.3 is 28.6 Å². The molecule has 2 unspecified atom stereocenters. The maximum absolute atomic E-state index is 12.4. The molecule has 0 aromatic carbocycles. The summed E-state index contributed by atoms with van der Waals surface area (Å²) in [5, 5.41) is 0. The topological polar surface area (TPSA) is 66.5 Å². The molecule has 0 aromatic heterocycles. The van der Waals surface area contributed by atoms with Crippen molar-refractivity contribution in [2.24, 2.45) is 0 Å². The van der Waals surface area contributed by atoms with Gasteiger partial charge in [-0.1, -0.05) is 174 Å². The molecule has 3 atom stereocenters. The van der Waals surface area contributed by atoms with Gasteiger partial charge in [-0.2, -0.15) is 0 Å². The molecule has 0 radical (unpaired) electrons. The second-order valence-corrected chi connectivity index (χ2v) is 17.2. The van der Waals surface area contributed by atoms with Crippen molar-refractivity contribution in [2.75, 3.05) is 47.1 Å². The van der Waals surface area contributed by atoms with Crippen molar-refractivity contribution in [3.63, 3.8) is 0 Å².